The summed E-state index contributed by atoms with van der Waals surface area (Å²) in [5.41, 5.74) is 7.13. The number of carbonyl (C=O) groups excluding carboxylic acids is 2. The number of benzene rings is 2. The molecule has 0 heterocycles. The molecule has 2 aromatic rings. The summed E-state index contributed by atoms with van der Waals surface area (Å²) in [7, 11) is 0. The second kappa shape index (κ2) is 8.14. The molecule has 0 aliphatic heterocycles. The Morgan fingerprint density at radius 1 is 0.913 bits per heavy atom. The van der Waals surface area contributed by atoms with Crippen LogP contribution in [0.3, 0.4) is 0 Å². The fraction of sp³-hybridized carbons (Fsp3) is 0.0588. The average Bonchev–Trinajstić information content (AvgIpc) is 2.59. The highest BCUT2D eigenvalue weighted by atomic mass is 79.9. The molecule has 0 saturated heterocycles. The van der Waals surface area contributed by atoms with Gasteiger partial charge in [-0.05, 0) is 29.8 Å². The van der Waals surface area contributed by atoms with Crippen molar-refractivity contribution >= 4 is 33.4 Å². The second-order valence-electron chi connectivity index (χ2n) is 4.71. The standard InChI is InChI=1S/C17H16BrN3O2/c1-12(13-5-3-2-4-6-13)20-21-16(22)11-19-17(23)14-7-9-15(18)10-8-14/h2-10,20H,1,11H2,(H,19,23)(H,21,22). The van der Waals surface area contributed by atoms with Crippen LogP contribution in [-0.4, -0.2) is 18.4 Å². The third-order valence-electron chi connectivity index (χ3n) is 2.99. The van der Waals surface area contributed by atoms with Gasteiger partial charge >= 0.3 is 0 Å². The first-order valence-electron chi connectivity index (χ1n) is 6.89. The lowest BCUT2D eigenvalue weighted by Crippen LogP contribution is -2.42. The van der Waals surface area contributed by atoms with Crippen molar-refractivity contribution in [2.24, 2.45) is 0 Å². The van der Waals surface area contributed by atoms with Gasteiger partial charge in [-0.3, -0.25) is 20.4 Å². The minimum Gasteiger partial charge on any atom is -0.343 e. The fourth-order valence-electron chi connectivity index (χ4n) is 1.76. The molecule has 0 fully saturated rings. The summed E-state index contributed by atoms with van der Waals surface area (Å²) in [5.74, 6) is -0.679. The van der Waals surface area contributed by atoms with Crippen LogP contribution in [0.25, 0.3) is 5.70 Å². The van der Waals surface area contributed by atoms with Crippen molar-refractivity contribution in [1.82, 2.24) is 16.2 Å². The smallest absolute Gasteiger partial charge is 0.257 e. The van der Waals surface area contributed by atoms with Gasteiger partial charge in [-0.15, -0.1) is 0 Å². The topological polar surface area (TPSA) is 70.2 Å². The van der Waals surface area contributed by atoms with Crippen molar-refractivity contribution in [2.75, 3.05) is 6.54 Å². The number of hydrazine groups is 1. The summed E-state index contributed by atoms with van der Waals surface area (Å²) >= 11 is 3.30. The van der Waals surface area contributed by atoms with E-state index in [-0.39, 0.29) is 18.4 Å². The van der Waals surface area contributed by atoms with E-state index in [1.807, 2.05) is 30.3 Å². The van der Waals surface area contributed by atoms with E-state index >= 15 is 0 Å². The molecule has 0 saturated carbocycles. The van der Waals surface area contributed by atoms with Crippen LogP contribution in [0.5, 0.6) is 0 Å². The van der Waals surface area contributed by atoms with Gasteiger partial charge in [0.05, 0.1) is 12.2 Å². The van der Waals surface area contributed by atoms with Gasteiger partial charge in [0.25, 0.3) is 11.8 Å². The van der Waals surface area contributed by atoms with Gasteiger partial charge in [0.2, 0.25) is 0 Å². The monoisotopic (exact) mass is 373 g/mol. The van der Waals surface area contributed by atoms with Crippen LogP contribution in [0.15, 0.2) is 65.6 Å². The van der Waals surface area contributed by atoms with Gasteiger partial charge in [-0.25, -0.2) is 0 Å². The number of amides is 2. The maximum atomic E-state index is 11.9. The van der Waals surface area contributed by atoms with Crippen molar-refractivity contribution in [1.29, 1.82) is 0 Å². The summed E-state index contributed by atoms with van der Waals surface area (Å²) in [6, 6.07) is 16.3. The van der Waals surface area contributed by atoms with Gasteiger partial charge in [-0.2, -0.15) is 0 Å². The summed E-state index contributed by atoms with van der Waals surface area (Å²) in [6.45, 7) is 3.70. The molecule has 23 heavy (non-hydrogen) atoms. The van der Waals surface area contributed by atoms with Crippen molar-refractivity contribution in [3.05, 3.63) is 76.8 Å². The molecule has 0 unspecified atom stereocenters. The maximum absolute atomic E-state index is 11.9. The van der Waals surface area contributed by atoms with Gasteiger partial charge in [0, 0.05) is 10.0 Å². The lowest BCUT2D eigenvalue weighted by molar-refractivity contribution is -0.120. The highest BCUT2D eigenvalue weighted by Crippen LogP contribution is 2.10. The Bertz CT molecular complexity index is 700. The van der Waals surface area contributed by atoms with Gasteiger partial charge in [-0.1, -0.05) is 52.8 Å². The number of hydrogen-bond acceptors (Lipinski definition) is 3. The Hall–Kier alpha value is -2.60. The SMILES string of the molecule is C=C(NNC(=O)CNC(=O)c1ccc(Br)cc1)c1ccccc1. The molecule has 0 atom stereocenters. The summed E-state index contributed by atoms with van der Waals surface area (Å²) < 4.78 is 0.885. The first-order chi connectivity index (χ1) is 11.1. The fourth-order valence-corrected chi connectivity index (χ4v) is 2.03. The lowest BCUT2D eigenvalue weighted by atomic mass is 10.2. The number of carbonyl (C=O) groups is 2. The maximum Gasteiger partial charge on any atom is 0.257 e. The molecule has 0 spiro atoms. The van der Waals surface area contributed by atoms with Crippen LogP contribution in [0.2, 0.25) is 0 Å². The van der Waals surface area contributed by atoms with E-state index in [4.69, 9.17) is 0 Å². The molecule has 0 bridgehead atoms. The number of rotatable bonds is 6. The van der Waals surface area contributed by atoms with Gasteiger partial charge in [0.1, 0.15) is 0 Å². The van der Waals surface area contributed by atoms with E-state index in [0.717, 1.165) is 10.0 Å². The number of halogens is 1. The Labute approximate surface area is 142 Å². The average molecular weight is 374 g/mol. The second-order valence-corrected chi connectivity index (χ2v) is 5.62. The van der Waals surface area contributed by atoms with Crippen LogP contribution in [0.4, 0.5) is 0 Å². The first kappa shape index (κ1) is 16.8. The Balaban J connectivity index is 1.76. The van der Waals surface area contributed by atoms with E-state index in [9.17, 15) is 9.59 Å². The molecule has 0 aliphatic carbocycles. The van der Waals surface area contributed by atoms with Crippen molar-refractivity contribution < 1.29 is 9.59 Å². The van der Waals surface area contributed by atoms with Crippen LogP contribution in [-0.2, 0) is 4.79 Å². The number of hydrogen-bond donors (Lipinski definition) is 3. The van der Waals surface area contributed by atoms with Crippen LogP contribution < -0.4 is 16.2 Å². The van der Waals surface area contributed by atoms with Crippen molar-refractivity contribution in [2.45, 2.75) is 0 Å². The molecular formula is C17H16BrN3O2. The van der Waals surface area contributed by atoms with E-state index in [2.05, 4.69) is 38.7 Å². The Morgan fingerprint density at radius 3 is 2.22 bits per heavy atom. The molecule has 2 aromatic carbocycles. The highest BCUT2D eigenvalue weighted by Gasteiger charge is 2.08. The van der Waals surface area contributed by atoms with E-state index in [1.165, 1.54) is 0 Å². The molecule has 3 N–H and O–H groups in total. The largest absolute Gasteiger partial charge is 0.343 e. The zero-order valence-electron chi connectivity index (χ0n) is 12.3. The third kappa shape index (κ3) is 5.27. The third-order valence-corrected chi connectivity index (χ3v) is 3.52. The molecule has 6 heteroatoms. The Kier molecular flexibility index (Phi) is 5.94. The van der Waals surface area contributed by atoms with Gasteiger partial charge < -0.3 is 5.32 Å². The molecule has 0 radical (unpaired) electrons. The molecule has 2 rings (SSSR count). The molecular weight excluding hydrogens is 358 g/mol. The minimum absolute atomic E-state index is 0.135. The highest BCUT2D eigenvalue weighted by molar-refractivity contribution is 9.10. The zero-order chi connectivity index (χ0) is 16.7. The van der Waals surface area contributed by atoms with Crippen molar-refractivity contribution in [3.63, 3.8) is 0 Å². The molecule has 2 amide bonds. The molecule has 5 nitrogen and oxygen atoms in total. The normalized spacial score (nSPS) is 9.78. The summed E-state index contributed by atoms with van der Waals surface area (Å²) in [5, 5.41) is 2.55. The minimum atomic E-state index is -0.368. The summed E-state index contributed by atoms with van der Waals surface area (Å²) in [4.78, 5) is 23.6. The molecule has 0 aliphatic rings. The molecule has 0 aromatic heterocycles. The first-order valence-corrected chi connectivity index (χ1v) is 7.68. The van der Waals surface area contributed by atoms with E-state index < -0.39 is 0 Å². The summed E-state index contributed by atoms with van der Waals surface area (Å²) in [6.07, 6.45) is 0. The Morgan fingerprint density at radius 2 is 1.57 bits per heavy atom. The molecule has 118 valence electrons. The predicted molar refractivity (Wildman–Crippen MR) is 93.2 cm³/mol. The van der Waals surface area contributed by atoms with E-state index in [1.54, 1.807) is 24.3 Å². The number of nitrogens with one attached hydrogen (secondary N) is 3. The van der Waals surface area contributed by atoms with E-state index in [0.29, 0.717) is 11.3 Å². The van der Waals surface area contributed by atoms with Gasteiger partial charge in [0.15, 0.2) is 0 Å². The van der Waals surface area contributed by atoms with Crippen LogP contribution >= 0.6 is 15.9 Å². The zero-order valence-corrected chi connectivity index (χ0v) is 13.9. The van der Waals surface area contributed by atoms with Crippen molar-refractivity contribution in [3.8, 4) is 0 Å². The van der Waals surface area contributed by atoms with Crippen LogP contribution in [0.1, 0.15) is 15.9 Å². The lowest BCUT2D eigenvalue weighted by Gasteiger charge is -2.11. The predicted octanol–water partition coefficient (Wildman–Crippen LogP) is 2.47. The quantitative estimate of drug-likeness (QED) is 0.681. The van der Waals surface area contributed by atoms with Crippen LogP contribution in [0, 0.1) is 0 Å².